The van der Waals surface area contributed by atoms with E-state index in [0.29, 0.717) is 12.5 Å². The van der Waals surface area contributed by atoms with Gasteiger partial charge in [0.15, 0.2) is 0 Å². The molecule has 1 aliphatic carbocycles. The molecule has 3 nitrogen and oxygen atoms in total. The first-order valence-corrected chi connectivity index (χ1v) is 7.62. The number of hydrogen-bond donors (Lipinski definition) is 2. The third kappa shape index (κ3) is 3.40. The number of benzene rings is 1. The summed E-state index contributed by atoms with van der Waals surface area (Å²) in [6, 6.07) is 8.97. The van der Waals surface area contributed by atoms with Crippen LogP contribution in [0.2, 0.25) is 0 Å². The molecule has 1 aromatic carbocycles. The van der Waals surface area contributed by atoms with E-state index in [1.165, 1.54) is 11.1 Å². The Morgan fingerprint density at radius 3 is 2.80 bits per heavy atom. The van der Waals surface area contributed by atoms with Crippen molar-refractivity contribution in [3.63, 3.8) is 0 Å². The van der Waals surface area contributed by atoms with Gasteiger partial charge in [-0.15, -0.1) is 0 Å². The van der Waals surface area contributed by atoms with Crippen LogP contribution in [0.25, 0.3) is 0 Å². The van der Waals surface area contributed by atoms with Gasteiger partial charge < -0.3 is 10.6 Å². The average molecular weight is 274 g/mol. The van der Waals surface area contributed by atoms with Crippen molar-refractivity contribution in [3.8, 4) is 0 Å². The van der Waals surface area contributed by atoms with Gasteiger partial charge in [-0.3, -0.25) is 4.79 Å². The summed E-state index contributed by atoms with van der Waals surface area (Å²) in [4.78, 5) is 11.6. The highest BCUT2D eigenvalue weighted by Crippen LogP contribution is 2.44. The second kappa shape index (κ2) is 6.40. The first kappa shape index (κ1) is 15.0. The number of nitrogens with one attached hydrogen (secondary N) is 2. The fraction of sp³-hybridized carbons (Fsp3) is 0.588. The van der Waals surface area contributed by atoms with E-state index in [1.54, 1.807) is 0 Å². The lowest BCUT2D eigenvalue weighted by molar-refractivity contribution is -0.121. The summed E-state index contributed by atoms with van der Waals surface area (Å²) in [6.07, 6.45) is 2.64. The molecule has 0 bridgehead atoms. The number of fused-ring (bicyclic) bond motifs is 1. The van der Waals surface area contributed by atoms with Gasteiger partial charge in [0, 0.05) is 25.6 Å². The predicted molar refractivity (Wildman–Crippen MR) is 82.6 cm³/mol. The standard InChI is InChI=1S/C17H26N2O/c1-4-10-18-15(20)9-11-19-16-14-8-6-5-7-13(14)12-17(16,2)3/h5-8,16,19H,4,9-12H2,1-3H3,(H,18,20). The molecular weight excluding hydrogens is 248 g/mol. The predicted octanol–water partition coefficient (Wildman–Crippen LogP) is 2.82. The Kier molecular flexibility index (Phi) is 4.81. The zero-order valence-corrected chi connectivity index (χ0v) is 12.8. The van der Waals surface area contributed by atoms with Crippen LogP contribution in [-0.4, -0.2) is 19.0 Å². The number of carbonyl (C=O) groups excluding carboxylic acids is 1. The molecule has 0 spiro atoms. The highest BCUT2D eigenvalue weighted by atomic mass is 16.1. The van der Waals surface area contributed by atoms with Gasteiger partial charge in [0.2, 0.25) is 5.91 Å². The maximum atomic E-state index is 11.6. The molecule has 0 saturated carbocycles. The number of carbonyl (C=O) groups is 1. The molecule has 1 atom stereocenters. The molecular formula is C17H26N2O. The van der Waals surface area contributed by atoms with E-state index in [1.807, 2.05) is 0 Å². The fourth-order valence-corrected chi connectivity index (χ4v) is 3.06. The molecule has 0 radical (unpaired) electrons. The van der Waals surface area contributed by atoms with Gasteiger partial charge in [-0.05, 0) is 29.4 Å². The van der Waals surface area contributed by atoms with Gasteiger partial charge in [-0.1, -0.05) is 45.0 Å². The molecule has 0 aliphatic heterocycles. The van der Waals surface area contributed by atoms with E-state index in [-0.39, 0.29) is 11.3 Å². The molecule has 110 valence electrons. The highest BCUT2D eigenvalue weighted by Gasteiger charge is 2.38. The SMILES string of the molecule is CCCNC(=O)CCNC1c2ccccc2CC1(C)C. The van der Waals surface area contributed by atoms with Crippen LogP contribution in [0.1, 0.15) is 50.8 Å². The average Bonchev–Trinajstić information content (AvgIpc) is 2.67. The smallest absolute Gasteiger partial charge is 0.221 e. The lowest BCUT2D eigenvalue weighted by Gasteiger charge is -2.28. The second-order valence-electron chi connectivity index (χ2n) is 6.35. The van der Waals surface area contributed by atoms with Gasteiger partial charge in [-0.2, -0.15) is 0 Å². The van der Waals surface area contributed by atoms with Crippen molar-refractivity contribution in [2.45, 2.75) is 46.1 Å². The summed E-state index contributed by atoms with van der Waals surface area (Å²) in [5, 5.41) is 6.49. The Balaban J connectivity index is 1.90. The third-order valence-corrected chi connectivity index (χ3v) is 4.07. The lowest BCUT2D eigenvalue weighted by Crippen LogP contribution is -2.34. The lowest BCUT2D eigenvalue weighted by atomic mass is 9.85. The van der Waals surface area contributed by atoms with E-state index < -0.39 is 0 Å². The Morgan fingerprint density at radius 1 is 1.30 bits per heavy atom. The zero-order chi connectivity index (χ0) is 14.6. The van der Waals surface area contributed by atoms with Crippen LogP contribution >= 0.6 is 0 Å². The first-order chi connectivity index (χ1) is 9.54. The highest BCUT2D eigenvalue weighted by molar-refractivity contribution is 5.76. The van der Waals surface area contributed by atoms with Crippen molar-refractivity contribution in [1.29, 1.82) is 0 Å². The normalized spacial score (nSPS) is 19.6. The van der Waals surface area contributed by atoms with E-state index in [9.17, 15) is 4.79 Å². The van der Waals surface area contributed by atoms with Gasteiger partial charge in [0.1, 0.15) is 0 Å². The van der Waals surface area contributed by atoms with Crippen molar-refractivity contribution in [2.24, 2.45) is 5.41 Å². The third-order valence-electron chi connectivity index (χ3n) is 4.07. The van der Waals surface area contributed by atoms with E-state index in [4.69, 9.17) is 0 Å². The van der Waals surface area contributed by atoms with E-state index in [2.05, 4.69) is 55.7 Å². The molecule has 3 heteroatoms. The molecule has 1 aromatic rings. The Labute approximate surface area is 122 Å². The maximum absolute atomic E-state index is 11.6. The minimum Gasteiger partial charge on any atom is -0.356 e. The van der Waals surface area contributed by atoms with Crippen LogP contribution in [0.3, 0.4) is 0 Å². The molecule has 2 N–H and O–H groups in total. The molecule has 1 amide bonds. The van der Waals surface area contributed by atoms with E-state index >= 15 is 0 Å². The van der Waals surface area contributed by atoms with Crippen LogP contribution in [0.15, 0.2) is 24.3 Å². The first-order valence-electron chi connectivity index (χ1n) is 7.62. The number of rotatable bonds is 6. The minimum atomic E-state index is 0.142. The maximum Gasteiger partial charge on any atom is 0.221 e. The van der Waals surface area contributed by atoms with Gasteiger partial charge in [-0.25, -0.2) is 0 Å². The van der Waals surface area contributed by atoms with Crippen LogP contribution in [-0.2, 0) is 11.2 Å². The largest absolute Gasteiger partial charge is 0.356 e. The van der Waals surface area contributed by atoms with E-state index in [0.717, 1.165) is 25.9 Å². The monoisotopic (exact) mass is 274 g/mol. The van der Waals surface area contributed by atoms with Crippen molar-refractivity contribution in [1.82, 2.24) is 10.6 Å². The molecule has 1 aliphatic rings. The molecule has 0 saturated heterocycles. The summed E-state index contributed by atoms with van der Waals surface area (Å²) in [7, 11) is 0. The van der Waals surface area contributed by atoms with Crippen molar-refractivity contribution in [2.75, 3.05) is 13.1 Å². The van der Waals surface area contributed by atoms with Gasteiger partial charge in [0.05, 0.1) is 0 Å². The molecule has 0 aromatic heterocycles. The molecule has 0 fully saturated rings. The summed E-state index contributed by atoms with van der Waals surface area (Å²) in [6.45, 7) is 8.16. The Hall–Kier alpha value is -1.35. The molecule has 20 heavy (non-hydrogen) atoms. The summed E-state index contributed by atoms with van der Waals surface area (Å²) >= 11 is 0. The quantitative estimate of drug-likeness (QED) is 0.837. The fourth-order valence-electron chi connectivity index (χ4n) is 3.06. The van der Waals surface area contributed by atoms with Crippen LogP contribution in [0, 0.1) is 5.41 Å². The second-order valence-corrected chi connectivity index (χ2v) is 6.35. The van der Waals surface area contributed by atoms with Gasteiger partial charge >= 0.3 is 0 Å². The Bertz CT molecular complexity index is 468. The van der Waals surface area contributed by atoms with Crippen molar-refractivity contribution in [3.05, 3.63) is 35.4 Å². The van der Waals surface area contributed by atoms with Crippen molar-refractivity contribution >= 4 is 5.91 Å². The number of hydrogen-bond acceptors (Lipinski definition) is 2. The van der Waals surface area contributed by atoms with Crippen molar-refractivity contribution < 1.29 is 4.79 Å². The summed E-state index contributed by atoms with van der Waals surface area (Å²) in [5.41, 5.74) is 3.04. The number of amides is 1. The Morgan fingerprint density at radius 2 is 2.05 bits per heavy atom. The van der Waals surface area contributed by atoms with Gasteiger partial charge in [0.25, 0.3) is 0 Å². The van der Waals surface area contributed by atoms with Crippen LogP contribution < -0.4 is 10.6 Å². The summed E-state index contributed by atoms with van der Waals surface area (Å²) in [5.74, 6) is 0.142. The van der Waals surface area contributed by atoms with Crippen LogP contribution in [0.5, 0.6) is 0 Å². The molecule has 2 rings (SSSR count). The summed E-state index contributed by atoms with van der Waals surface area (Å²) < 4.78 is 0. The molecule has 1 unspecified atom stereocenters. The topological polar surface area (TPSA) is 41.1 Å². The molecule has 0 heterocycles. The van der Waals surface area contributed by atoms with Crippen LogP contribution in [0.4, 0.5) is 0 Å². The zero-order valence-electron chi connectivity index (χ0n) is 12.8. The minimum absolute atomic E-state index is 0.142.